The Bertz CT molecular complexity index is 1160. The Balaban J connectivity index is 1.51. The molecule has 29 heavy (non-hydrogen) atoms. The van der Waals surface area contributed by atoms with Crippen LogP contribution < -0.4 is 10.6 Å². The van der Waals surface area contributed by atoms with Crippen LogP contribution in [0.3, 0.4) is 0 Å². The molecular weight excluding hydrogens is 437 g/mol. The zero-order valence-corrected chi connectivity index (χ0v) is 16.9. The number of benzene rings is 2. The normalized spacial score (nSPS) is 10.8. The third-order valence-corrected chi connectivity index (χ3v) is 5.04. The SMILES string of the molecule is O=C(NCCn1c(-c2ccc(F)cc2)nc2cccnc21)Nc1ccccc1Br. The maximum absolute atomic E-state index is 13.3. The predicted octanol–water partition coefficient (Wildman–Crippen LogP) is 4.82. The third-order valence-electron chi connectivity index (χ3n) is 4.35. The minimum Gasteiger partial charge on any atom is -0.336 e. The molecule has 0 spiro atoms. The van der Waals surface area contributed by atoms with Crippen molar-refractivity contribution >= 4 is 38.8 Å². The van der Waals surface area contributed by atoms with Crippen LogP contribution in [0.25, 0.3) is 22.6 Å². The number of pyridine rings is 1. The Morgan fingerprint density at radius 3 is 2.66 bits per heavy atom. The molecule has 2 aromatic carbocycles. The minimum atomic E-state index is -0.308. The second kappa shape index (κ2) is 8.40. The van der Waals surface area contributed by atoms with E-state index in [9.17, 15) is 9.18 Å². The van der Waals surface area contributed by atoms with E-state index in [0.717, 1.165) is 15.6 Å². The highest BCUT2D eigenvalue weighted by atomic mass is 79.9. The zero-order chi connectivity index (χ0) is 20.2. The van der Waals surface area contributed by atoms with Gasteiger partial charge in [-0.1, -0.05) is 12.1 Å². The van der Waals surface area contributed by atoms with E-state index in [1.807, 2.05) is 41.0 Å². The van der Waals surface area contributed by atoms with E-state index < -0.39 is 0 Å². The topological polar surface area (TPSA) is 71.8 Å². The van der Waals surface area contributed by atoms with E-state index >= 15 is 0 Å². The van der Waals surface area contributed by atoms with E-state index in [1.54, 1.807) is 18.3 Å². The van der Waals surface area contributed by atoms with Crippen molar-refractivity contribution in [1.82, 2.24) is 19.9 Å². The number of nitrogens with zero attached hydrogens (tertiary/aromatic N) is 3. The summed E-state index contributed by atoms with van der Waals surface area (Å²) in [5.41, 5.74) is 2.91. The van der Waals surface area contributed by atoms with Crippen molar-refractivity contribution in [3.8, 4) is 11.4 Å². The lowest BCUT2D eigenvalue weighted by Crippen LogP contribution is -2.31. The van der Waals surface area contributed by atoms with Crippen molar-refractivity contribution in [2.45, 2.75) is 6.54 Å². The van der Waals surface area contributed by atoms with Gasteiger partial charge < -0.3 is 15.2 Å². The molecule has 0 bridgehead atoms. The molecule has 0 aliphatic carbocycles. The van der Waals surface area contributed by atoms with Crippen LogP contribution in [-0.4, -0.2) is 27.1 Å². The summed E-state index contributed by atoms with van der Waals surface area (Å²) < 4.78 is 16.0. The van der Waals surface area contributed by atoms with Gasteiger partial charge in [-0.05, 0) is 64.5 Å². The van der Waals surface area contributed by atoms with E-state index in [2.05, 4.69) is 36.5 Å². The molecule has 0 radical (unpaired) electrons. The van der Waals surface area contributed by atoms with Gasteiger partial charge in [0.05, 0.1) is 5.69 Å². The number of para-hydroxylation sites is 1. The van der Waals surface area contributed by atoms with E-state index in [0.29, 0.717) is 30.2 Å². The van der Waals surface area contributed by atoms with Gasteiger partial charge >= 0.3 is 6.03 Å². The Morgan fingerprint density at radius 1 is 1.07 bits per heavy atom. The lowest BCUT2D eigenvalue weighted by Gasteiger charge is -2.11. The van der Waals surface area contributed by atoms with Gasteiger partial charge in [0.2, 0.25) is 0 Å². The molecule has 2 heterocycles. The number of urea groups is 1. The molecule has 4 rings (SSSR count). The van der Waals surface area contributed by atoms with Gasteiger partial charge in [0.25, 0.3) is 0 Å². The van der Waals surface area contributed by atoms with Crippen molar-refractivity contribution in [2.75, 3.05) is 11.9 Å². The maximum Gasteiger partial charge on any atom is 0.319 e. The van der Waals surface area contributed by atoms with Crippen molar-refractivity contribution in [2.24, 2.45) is 0 Å². The lowest BCUT2D eigenvalue weighted by molar-refractivity contribution is 0.251. The second-order valence-electron chi connectivity index (χ2n) is 6.30. The first kappa shape index (κ1) is 19.1. The molecule has 0 aliphatic rings. The van der Waals surface area contributed by atoms with Crippen LogP contribution >= 0.6 is 15.9 Å². The van der Waals surface area contributed by atoms with Crippen molar-refractivity contribution in [1.29, 1.82) is 0 Å². The second-order valence-corrected chi connectivity index (χ2v) is 7.16. The standard InChI is InChI=1S/C21H17BrFN5O/c22-16-4-1-2-5-17(16)27-21(29)25-12-13-28-19(14-7-9-15(23)10-8-14)26-18-6-3-11-24-20(18)28/h1-11H,12-13H2,(H2,25,27,29). The molecule has 0 fully saturated rings. The Morgan fingerprint density at radius 2 is 1.86 bits per heavy atom. The fraction of sp³-hybridized carbons (Fsp3) is 0.0952. The number of imidazole rings is 1. The van der Waals surface area contributed by atoms with Gasteiger partial charge in [-0.3, -0.25) is 0 Å². The Hall–Kier alpha value is -3.26. The molecule has 2 amide bonds. The summed E-state index contributed by atoms with van der Waals surface area (Å²) in [7, 11) is 0. The quantitative estimate of drug-likeness (QED) is 0.454. The highest BCUT2D eigenvalue weighted by Crippen LogP contribution is 2.24. The number of carbonyl (C=O) groups excluding carboxylic acids is 1. The summed E-state index contributed by atoms with van der Waals surface area (Å²) in [6.45, 7) is 0.829. The molecule has 8 heteroatoms. The van der Waals surface area contributed by atoms with Crippen molar-refractivity contribution in [3.63, 3.8) is 0 Å². The van der Waals surface area contributed by atoms with Gasteiger partial charge in [0.15, 0.2) is 5.65 Å². The monoisotopic (exact) mass is 453 g/mol. The van der Waals surface area contributed by atoms with Crippen LogP contribution in [0.1, 0.15) is 0 Å². The minimum absolute atomic E-state index is 0.306. The number of anilines is 1. The molecule has 2 N–H and O–H groups in total. The number of carbonyl (C=O) groups is 1. The zero-order valence-electron chi connectivity index (χ0n) is 15.3. The molecular formula is C21H17BrFN5O. The summed E-state index contributed by atoms with van der Waals surface area (Å²) in [6, 6.07) is 16.9. The smallest absolute Gasteiger partial charge is 0.319 e. The summed E-state index contributed by atoms with van der Waals surface area (Å²) >= 11 is 3.40. The van der Waals surface area contributed by atoms with E-state index in [-0.39, 0.29) is 11.8 Å². The van der Waals surface area contributed by atoms with Crippen LogP contribution in [0.15, 0.2) is 71.3 Å². The van der Waals surface area contributed by atoms with Crippen LogP contribution in [0.2, 0.25) is 0 Å². The predicted molar refractivity (Wildman–Crippen MR) is 114 cm³/mol. The van der Waals surface area contributed by atoms with Gasteiger partial charge in [0, 0.05) is 29.3 Å². The Labute approximate surface area is 174 Å². The van der Waals surface area contributed by atoms with Crippen LogP contribution in [0, 0.1) is 5.82 Å². The highest BCUT2D eigenvalue weighted by molar-refractivity contribution is 9.10. The number of fused-ring (bicyclic) bond motifs is 1. The molecule has 0 saturated heterocycles. The van der Waals surface area contributed by atoms with Gasteiger partial charge in [-0.2, -0.15) is 0 Å². The highest BCUT2D eigenvalue weighted by Gasteiger charge is 2.14. The largest absolute Gasteiger partial charge is 0.336 e. The third kappa shape index (κ3) is 4.27. The molecule has 0 saturated carbocycles. The van der Waals surface area contributed by atoms with Crippen LogP contribution in [-0.2, 0) is 6.54 Å². The first-order valence-electron chi connectivity index (χ1n) is 8.98. The number of aromatic nitrogens is 3. The summed E-state index contributed by atoms with van der Waals surface area (Å²) in [6.07, 6.45) is 1.70. The average molecular weight is 454 g/mol. The van der Waals surface area contributed by atoms with E-state index in [1.165, 1.54) is 12.1 Å². The maximum atomic E-state index is 13.3. The first-order valence-corrected chi connectivity index (χ1v) is 9.78. The number of rotatable bonds is 5. The molecule has 0 unspecified atom stereocenters. The number of hydrogen-bond donors (Lipinski definition) is 2. The summed E-state index contributed by atoms with van der Waals surface area (Å²) in [4.78, 5) is 21.3. The van der Waals surface area contributed by atoms with Gasteiger partial charge in [-0.15, -0.1) is 0 Å². The number of nitrogens with one attached hydrogen (secondary N) is 2. The molecule has 6 nitrogen and oxygen atoms in total. The van der Waals surface area contributed by atoms with Crippen molar-refractivity contribution < 1.29 is 9.18 Å². The fourth-order valence-electron chi connectivity index (χ4n) is 3.00. The molecule has 0 atom stereocenters. The molecule has 4 aromatic rings. The first-order chi connectivity index (χ1) is 14.1. The Kier molecular flexibility index (Phi) is 5.53. The molecule has 0 aliphatic heterocycles. The number of hydrogen-bond acceptors (Lipinski definition) is 3. The molecule has 146 valence electrons. The van der Waals surface area contributed by atoms with Gasteiger partial charge in [-0.25, -0.2) is 19.2 Å². The van der Waals surface area contributed by atoms with Crippen LogP contribution in [0.4, 0.5) is 14.9 Å². The lowest BCUT2D eigenvalue weighted by atomic mass is 10.2. The number of halogens is 2. The average Bonchev–Trinajstić information content (AvgIpc) is 3.09. The molecule has 2 aromatic heterocycles. The summed E-state index contributed by atoms with van der Waals surface area (Å²) in [5.74, 6) is 0.367. The van der Waals surface area contributed by atoms with Crippen molar-refractivity contribution in [3.05, 3.63) is 77.2 Å². The van der Waals surface area contributed by atoms with Crippen LogP contribution in [0.5, 0.6) is 0 Å². The fourth-order valence-corrected chi connectivity index (χ4v) is 3.38. The number of amides is 2. The van der Waals surface area contributed by atoms with E-state index in [4.69, 9.17) is 0 Å². The summed E-state index contributed by atoms with van der Waals surface area (Å²) in [5, 5.41) is 5.64. The van der Waals surface area contributed by atoms with Gasteiger partial charge in [0.1, 0.15) is 17.2 Å².